The fourth-order valence-electron chi connectivity index (χ4n) is 1.46. The van der Waals surface area contributed by atoms with Gasteiger partial charge in [0.1, 0.15) is 5.82 Å². The standard InChI is InChI=1S/C12H15N5/c1-9-4-3-6-14-10(9)8-16-11-5-7-15-12(13-2)17-11/h3-7H,8H2,1-2H3,(H2,13,15,16,17). The van der Waals surface area contributed by atoms with Crippen molar-refractivity contribution in [2.45, 2.75) is 13.5 Å². The van der Waals surface area contributed by atoms with Crippen molar-refractivity contribution in [2.24, 2.45) is 0 Å². The molecule has 5 heteroatoms. The summed E-state index contributed by atoms with van der Waals surface area (Å²) in [5.74, 6) is 1.39. The maximum Gasteiger partial charge on any atom is 0.224 e. The van der Waals surface area contributed by atoms with E-state index in [-0.39, 0.29) is 0 Å². The summed E-state index contributed by atoms with van der Waals surface area (Å²) in [7, 11) is 1.79. The maximum absolute atomic E-state index is 4.31. The summed E-state index contributed by atoms with van der Waals surface area (Å²) in [4.78, 5) is 12.6. The molecule has 17 heavy (non-hydrogen) atoms. The molecule has 0 aliphatic carbocycles. The van der Waals surface area contributed by atoms with Gasteiger partial charge in [-0.2, -0.15) is 4.98 Å². The highest BCUT2D eigenvalue weighted by Crippen LogP contribution is 2.08. The summed E-state index contributed by atoms with van der Waals surface area (Å²) in [6.45, 7) is 2.70. The monoisotopic (exact) mass is 229 g/mol. The van der Waals surface area contributed by atoms with Crippen molar-refractivity contribution in [2.75, 3.05) is 17.7 Å². The Kier molecular flexibility index (Phi) is 3.49. The predicted molar refractivity (Wildman–Crippen MR) is 67.9 cm³/mol. The van der Waals surface area contributed by atoms with Gasteiger partial charge in [0, 0.05) is 19.4 Å². The molecule has 0 unspecified atom stereocenters. The van der Waals surface area contributed by atoms with Gasteiger partial charge in [-0.05, 0) is 24.6 Å². The Morgan fingerprint density at radius 1 is 1.18 bits per heavy atom. The van der Waals surface area contributed by atoms with Gasteiger partial charge in [0.25, 0.3) is 0 Å². The number of pyridine rings is 1. The smallest absolute Gasteiger partial charge is 0.224 e. The first-order valence-electron chi connectivity index (χ1n) is 5.45. The third kappa shape index (κ3) is 2.90. The van der Waals surface area contributed by atoms with Crippen LogP contribution in [0, 0.1) is 6.92 Å². The van der Waals surface area contributed by atoms with Crippen LogP contribution in [-0.4, -0.2) is 22.0 Å². The van der Waals surface area contributed by atoms with E-state index in [9.17, 15) is 0 Å². The van der Waals surface area contributed by atoms with Crippen LogP contribution < -0.4 is 10.6 Å². The molecule has 5 nitrogen and oxygen atoms in total. The van der Waals surface area contributed by atoms with E-state index in [2.05, 4.69) is 25.6 Å². The third-order valence-corrected chi connectivity index (χ3v) is 2.43. The number of anilines is 2. The van der Waals surface area contributed by atoms with Gasteiger partial charge in [-0.3, -0.25) is 4.98 Å². The zero-order valence-electron chi connectivity index (χ0n) is 9.94. The fourth-order valence-corrected chi connectivity index (χ4v) is 1.46. The Balaban J connectivity index is 2.05. The number of rotatable bonds is 4. The Hall–Kier alpha value is -2.17. The highest BCUT2D eigenvalue weighted by molar-refractivity contribution is 5.39. The molecule has 0 aliphatic rings. The molecule has 0 bridgehead atoms. The molecule has 88 valence electrons. The highest BCUT2D eigenvalue weighted by Gasteiger charge is 2.00. The third-order valence-electron chi connectivity index (χ3n) is 2.43. The van der Waals surface area contributed by atoms with E-state index in [0.29, 0.717) is 12.5 Å². The number of nitrogens with zero attached hydrogens (tertiary/aromatic N) is 3. The van der Waals surface area contributed by atoms with Crippen LogP contribution in [0.5, 0.6) is 0 Å². The van der Waals surface area contributed by atoms with E-state index in [1.807, 2.05) is 25.1 Å². The van der Waals surface area contributed by atoms with Crippen LogP contribution in [0.25, 0.3) is 0 Å². The van der Waals surface area contributed by atoms with E-state index >= 15 is 0 Å². The molecule has 2 N–H and O–H groups in total. The molecular weight excluding hydrogens is 214 g/mol. The number of nitrogens with one attached hydrogen (secondary N) is 2. The zero-order chi connectivity index (χ0) is 12.1. The first-order valence-corrected chi connectivity index (χ1v) is 5.45. The lowest BCUT2D eigenvalue weighted by Crippen LogP contribution is -2.06. The largest absolute Gasteiger partial charge is 0.364 e. The van der Waals surface area contributed by atoms with Crippen molar-refractivity contribution in [1.29, 1.82) is 0 Å². The fraction of sp³-hybridized carbons (Fsp3) is 0.250. The first kappa shape index (κ1) is 11.3. The second kappa shape index (κ2) is 5.25. The summed E-state index contributed by atoms with van der Waals surface area (Å²) in [5, 5.41) is 6.12. The van der Waals surface area contributed by atoms with Crippen LogP contribution in [0.4, 0.5) is 11.8 Å². The van der Waals surface area contributed by atoms with E-state index in [1.165, 1.54) is 5.56 Å². The van der Waals surface area contributed by atoms with Crippen molar-refractivity contribution < 1.29 is 0 Å². The minimum absolute atomic E-state index is 0.604. The van der Waals surface area contributed by atoms with Gasteiger partial charge in [-0.15, -0.1) is 0 Å². The van der Waals surface area contributed by atoms with E-state index in [0.717, 1.165) is 11.5 Å². The van der Waals surface area contributed by atoms with Gasteiger partial charge in [0.05, 0.1) is 12.2 Å². The van der Waals surface area contributed by atoms with Gasteiger partial charge in [0.2, 0.25) is 5.95 Å². The number of aromatic nitrogens is 3. The minimum atomic E-state index is 0.604. The second-order valence-corrected chi connectivity index (χ2v) is 3.64. The van der Waals surface area contributed by atoms with Gasteiger partial charge in [0.15, 0.2) is 0 Å². The number of aryl methyl sites for hydroxylation is 1. The van der Waals surface area contributed by atoms with Crippen molar-refractivity contribution in [3.8, 4) is 0 Å². The minimum Gasteiger partial charge on any atom is -0.364 e. The summed E-state index contributed by atoms with van der Waals surface area (Å²) in [6, 6.07) is 5.81. The van der Waals surface area contributed by atoms with Crippen molar-refractivity contribution in [1.82, 2.24) is 15.0 Å². The predicted octanol–water partition coefficient (Wildman–Crippen LogP) is 1.83. The van der Waals surface area contributed by atoms with Crippen molar-refractivity contribution in [3.05, 3.63) is 41.9 Å². The average Bonchev–Trinajstić information content (AvgIpc) is 2.38. The molecule has 0 fully saturated rings. The van der Waals surface area contributed by atoms with Crippen LogP contribution in [-0.2, 0) is 6.54 Å². The molecule has 0 atom stereocenters. The normalized spacial score (nSPS) is 10.0. The number of hydrogen-bond acceptors (Lipinski definition) is 5. The Morgan fingerprint density at radius 2 is 2.06 bits per heavy atom. The van der Waals surface area contributed by atoms with E-state index in [1.54, 1.807) is 19.4 Å². The summed E-state index contributed by atoms with van der Waals surface area (Å²) >= 11 is 0. The van der Waals surface area contributed by atoms with Gasteiger partial charge < -0.3 is 10.6 Å². The Morgan fingerprint density at radius 3 is 2.82 bits per heavy atom. The van der Waals surface area contributed by atoms with Crippen LogP contribution in [0.1, 0.15) is 11.3 Å². The molecule has 0 aliphatic heterocycles. The second-order valence-electron chi connectivity index (χ2n) is 3.64. The van der Waals surface area contributed by atoms with Crippen LogP contribution in [0.3, 0.4) is 0 Å². The number of hydrogen-bond donors (Lipinski definition) is 2. The van der Waals surface area contributed by atoms with Crippen molar-refractivity contribution >= 4 is 11.8 Å². The first-order chi connectivity index (χ1) is 8.29. The molecule has 0 aromatic carbocycles. The molecule has 0 saturated heterocycles. The van der Waals surface area contributed by atoms with Crippen LogP contribution in [0.15, 0.2) is 30.6 Å². The molecule has 0 radical (unpaired) electrons. The molecule has 2 rings (SSSR count). The van der Waals surface area contributed by atoms with Crippen LogP contribution >= 0.6 is 0 Å². The summed E-state index contributed by atoms with van der Waals surface area (Å²) < 4.78 is 0. The molecule has 0 saturated carbocycles. The summed E-state index contributed by atoms with van der Waals surface area (Å²) in [5.41, 5.74) is 2.19. The Labute approximate surface area is 100 Å². The van der Waals surface area contributed by atoms with Gasteiger partial charge >= 0.3 is 0 Å². The average molecular weight is 229 g/mol. The van der Waals surface area contributed by atoms with E-state index in [4.69, 9.17) is 0 Å². The SMILES string of the molecule is CNc1nccc(NCc2ncccc2C)n1. The lowest BCUT2D eigenvalue weighted by Gasteiger charge is -2.07. The summed E-state index contributed by atoms with van der Waals surface area (Å²) in [6.07, 6.45) is 3.51. The van der Waals surface area contributed by atoms with Gasteiger partial charge in [-0.1, -0.05) is 6.07 Å². The molecule has 2 aromatic heterocycles. The lowest BCUT2D eigenvalue weighted by molar-refractivity contribution is 0.999. The topological polar surface area (TPSA) is 62.7 Å². The quantitative estimate of drug-likeness (QED) is 0.837. The molecular formula is C12H15N5. The molecule has 2 aromatic rings. The highest BCUT2D eigenvalue weighted by atomic mass is 15.1. The zero-order valence-corrected chi connectivity index (χ0v) is 9.94. The molecule has 0 amide bonds. The molecule has 2 heterocycles. The van der Waals surface area contributed by atoms with E-state index < -0.39 is 0 Å². The van der Waals surface area contributed by atoms with Crippen molar-refractivity contribution in [3.63, 3.8) is 0 Å². The lowest BCUT2D eigenvalue weighted by atomic mass is 10.2. The van der Waals surface area contributed by atoms with Crippen LogP contribution in [0.2, 0.25) is 0 Å². The maximum atomic E-state index is 4.31. The molecule has 0 spiro atoms. The van der Waals surface area contributed by atoms with Gasteiger partial charge in [-0.25, -0.2) is 4.98 Å². The Bertz CT molecular complexity index is 498.